The van der Waals surface area contributed by atoms with Gasteiger partial charge in [-0.2, -0.15) is 0 Å². The predicted molar refractivity (Wildman–Crippen MR) is 76.4 cm³/mol. The van der Waals surface area contributed by atoms with E-state index in [0.717, 1.165) is 5.56 Å². The molecule has 1 unspecified atom stereocenters. The van der Waals surface area contributed by atoms with Crippen LogP contribution in [0.3, 0.4) is 0 Å². The Hall–Kier alpha value is -1.17. The van der Waals surface area contributed by atoms with Gasteiger partial charge in [-0.1, -0.05) is 6.07 Å². The van der Waals surface area contributed by atoms with Gasteiger partial charge in [0.25, 0.3) is 0 Å². The second-order valence-corrected chi connectivity index (χ2v) is 4.36. The molecule has 0 aliphatic rings. The summed E-state index contributed by atoms with van der Waals surface area (Å²) in [6, 6.07) is 4.95. The van der Waals surface area contributed by atoms with Crippen LogP contribution in [0.5, 0.6) is 5.75 Å². The van der Waals surface area contributed by atoms with Crippen LogP contribution in [0, 0.1) is 5.82 Å². The zero-order chi connectivity index (χ0) is 15.0. The molecule has 1 N–H and O–H groups in total. The summed E-state index contributed by atoms with van der Waals surface area (Å²) in [5, 5.41) is 3.28. The topological polar surface area (TPSA) is 39.7 Å². The summed E-state index contributed by atoms with van der Waals surface area (Å²) in [5.74, 6) is -0.104. The first kappa shape index (κ1) is 16.9. The quantitative estimate of drug-likeness (QED) is 0.708. The standard InChI is InChI=1S/C15H24FNO3/c1-5-19-15(20-6-2)10-17-11(3)12-7-8-14(18-4)13(16)9-12/h7-9,11,15,17H,5-6,10H2,1-4H3. The maximum atomic E-state index is 13.6. The third kappa shape index (κ3) is 5.07. The van der Waals surface area contributed by atoms with E-state index in [-0.39, 0.29) is 23.9 Å². The first-order chi connectivity index (χ1) is 9.62. The van der Waals surface area contributed by atoms with Crippen molar-refractivity contribution < 1.29 is 18.6 Å². The molecule has 1 aromatic carbocycles. The highest BCUT2D eigenvalue weighted by atomic mass is 19.1. The van der Waals surface area contributed by atoms with Crippen molar-refractivity contribution in [2.24, 2.45) is 0 Å². The van der Waals surface area contributed by atoms with E-state index in [2.05, 4.69) is 5.32 Å². The molecule has 0 aliphatic carbocycles. The van der Waals surface area contributed by atoms with Gasteiger partial charge in [-0.15, -0.1) is 0 Å². The highest BCUT2D eigenvalue weighted by Crippen LogP contribution is 2.21. The summed E-state index contributed by atoms with van der Waals surface area (Å²) >= 11 is 0. The average Bonchev–Trinajstić information content (AvgIpc) is 2.44. The number of nitrogens with one attached hydrogen (secondary N) is 1. The number of rotatable bonds is 9. The largest absolute Gasteiger partial charge is 0.494 e. The second-order valence-electron chi connectivity index (χ2n) is 4.36. The van der Waals surface area contributed by atoms with Gasteiger partial charge in [0, 0.05) is 25.8 Å². The summed E-state index contributed by atoms with van der Waals surface area (Å²) in [7, 11) is 1.45. The van der Waals surface area contributed by atoms with Crippen LogP contribution in [-0.2, 0) is 9.47 Å². The third-order valence-electron chi connectivity index (χ3n) is 2.97. The van der Waals surface area contributed by atoms with Gasteiger partial charge < -0.3 is 19.5 Å². The fourth-order valence-electron chi connectivity index (χ4n) is 1.88. The van der Waals surface area contributed by atoms with Crippen LogP contribution >= 0.6 is 0 Å². The van der Waals surface area contributed by atoms with Gasteiger partial charge in [0.05, 0.1) is 7.11 Å². The number of halogens is 1. The maximum absolute atomic E-state index is 13.6. The normalized spacial score (nSPS) is 12.7. The molecule has 1 rings (SSSR count). The Morgan fingerprint density at radius 1 is 1.20 bits per heavy atom. The van der Waals surface area contributed by atoms with E-state index in [1.54, 1.807) is 6.07 Å². The van der Waals surface area contributed by atoms with Gasteiger partial charge in [-0.3, -0.25) is 0 Å². The van der Waals surface area contributed by atoms with Gasteiger partial charge in [0.1, 0.15) is 0 Å². The van der Waals surface area contributed by atoms with Crippen molar-refractivity contribution in [2.75, 3.05) is 26.9 Å². The van der Waals surface area contributed by atoms with Gasteiger partial charge in [-0.05, 0) is 38.5 Å². The van der Waals surface area contributed by atoms with E-state index in [9.17, 15) is 4.39 Å². The molecule has 5 heteroatoms. The number of ether oxygens (including phenoxy) is 3. The molecule has 0 aromatic heterocycles. The highest BCUT2D eigenvalue weighted by molar-refractivity contribution is 5.30. The second kappa shape index (κ2) is 8.89. The molecular formula is C15H24FNO3. The molecule has 20 heavy (non-hydrogen) atoms. The maximum Gasteiger partial charge on any atom is 0.169 e. The number of hydrogen-bond donors (Lipinski definition) is 1. The van der Waals surface area contributed by atoms with E-state index in [0.29, 0.717) is 19.8 Å². The lowest BCUT2D eigenvalue weighted by atomic mass is 10.1. The summed E-state index contributed by atoms with van der Waals surface area (Å²) in [4.78, 5) is 0. The molecule has 0 fully saturated rings. The Labute approximate surface area is 120 Å². The van der Waals surface area contributed by atoms with Gasteiger partial charge >= 0.3 is 0 Å². The van der Waals surface area contributed by atoms with Gasteiger partial charge in [0.2, 0.25) is 0 Å². The van der Waals surface area contributed by atoms with Crippen LogP contribution in [0.4, 0.5) is 4.39 Å². The first-order valence-electron chi connectivity index (χ1n) is 6.92. The molecule has 0 radical (unpaired) electrons. The Balaban J connectivity index is 2.57. The molecule has 4 nitrogen and oxygen atoms in total. The van der Waals surface area contributed by atoms with Crippen LogP contribution < -0.4 is 10.1 Å². The van der Waals surface area contributed by atoms with Crippen molar-refractivity contribution in [1.29, 1.82) is 0 Å². The Morgan fingerprint density at radius 2 is 1.85 bits per heavy atom. The van der Waals surface area contributed by atoms with Gasteiger partial charge in [-0.25, -0.2) is 4.39 Å². The molecule has 0 saturated heterocycles. The van der Waals surface area contributed by atoms with Crippen LogP contribution in [0.1, 0.15) is 32.4 Å². The fourth-order valence-corrected chi connectivity index (χ4v) is 1.88. The molecule has 0 saturated carbocycles. The minimum absolute atomic E-state index is 0.00109. The van der Waals surface area contributed by atoms with E-state index in [4.69, 9.17) is 14.2 Å². The number of hydrogen-bond acceptors (Lipinski definition) is 4. The predicted octanol–water partition coefficient (Wildman–Crippen LogP) is 2.88. The van der Waals surface area contributed by atoms with E-state index in [1.165, 1.54) is 13.2 Å². The number of methoxy groups -OCH3 is 1. The average molecular weight is 285 g/mol. The molecule has 0 aliphatic heterocycles. The van der Waals surface area contributed by atoms with Crippen LogP contribution in [-0.4, -0.2) is 33.2 Å². The minimum Gasteiger partial charge on any atom is -0.494 e. The number of benzene rings is 1. The van der Waals surface area contributed by atoms with E-state index < -0.39 is 0 Å². The van der Waals surface area contributed by atoms with Crippen molar-refractivity contribution in [2.45, 2.75) is 33.1 Å². The van der Waals surface area contributed by atoms with Crippen molar-refractivity contribution in [1.82, 2.24) is 5.32 Å². The zero-order valence-electron chi connectivity index (χ0n) is 12.6. The van der Waals surface area contributed by atoms with Crippen LogP contribution in [0.25, 0.3) is 0 Å². The van der Waals surface area contributed by atoms with Crippen LogP contribution in [0.2, 0.25) is 0 Å². The summed E-state index contributed by atoms with van der Waals surface area (Å²) < 4.78 is 29.5. The molecule has 114 valence electrons. The van der Waals surface area contributed by atoms with Crippen molar-refractivity contribution >= 4 is 0 Å². The summed E-state index contributed by atoms with van der Waals surface area (Å²) in [5.41, 5.74) is 0.857. The smallest absolute Gasteiger partial charge is 0.169 e. The third-order valence-corrected chi connectivity index (χ3v) is 2.97. The fraction of sp³-hybridized carbons (Fsp3) is 0.600. The Morgan fingerprint density at radius 3 is 2.35 bits per heavy atom. The lowest BCUT2D eigenvalue weighted by molar-refractivity contribution is -0.133. The molecule has 0 bridgehead atoms. The van der Waals surface area contributed by atoms with Crippen molar-refractivity contribution in [3.63, 3.8) is 0 Å². The Bertz CT molecular complexity index is 395. The monoisotopic (exact) mass is 285 g/mol. The summed E-state index contributed by atoms with van der Waals surface area (Å²) in [6.07, 6.45) is -0.282. The van der Waals surface area contributed by atoms with E-state index >= 15 is 0 Å². The lowest BCUT2D eigenvalue weighted by Crippen LogP contribution is -2.33. The Kier molecular flexibility index (Phi) is 7.51. The van der Waals surface area contributed by atoms with Crippen molar-refractivity contribution in [3.05, 3.63) is 29.6 Å². The van der Waals surface area contributed by atoms with Gasteiger partial charge in [0.15, 0.2) is 17.9 Å². The minimum atomic E-state index is -0.357. The van der Waals surface area contributed by atoms with E-state index in [1.807, 2.05) is 26.8 Å². The summed E-state index contributed by atoms with van der Waals surface area (Å²) in [6.45, 7) is 7.56. The lowest BCUT2D eigenvalue weighted by Gasteiger charge is -2.21. The van der Waals surface area contributed by atoms with Crippen LogP contribution in [0.15, 0.2) is 18.2 Å². The molecule has 0 spiro atoms. The molecule has 1 aromatic rings. The first-order valence-corrected chi connectivity index (χ1v) is 6.92. The molecular weight excluding hydrogens is 261 g/mol. The SMILES string of the molecule is CCOC(CNC(C)c1ccc(OC)c(F)c1)OCC. The molecule has 0 heterocycles. The van der Waals surface area contributed by atoms with Crippen molar-refractivity contribution in [3.8, 4) is 5.75 Å². The highest BCUT2D eigenvalue weighted by Gasteiger charge is 2.13. The zero-order valence-corrected chi connectivity index (χ0v) is 12.6. The molecule has 1 atom stereocenters. The molecule has 0 amide bonds.